The molecule has 0 saturated carbocycles. The SMILES string of the molecule is FC(C1CCCNC1)C1CCCc2cccnc21. The largest absolute Gasteiger partial charge is 0.316 e. The zero-order valence-corrected chi connectivity index (χ0v) is 10.7. The second-order valence-corrected chi connectivity index (χ2v) is 5.60. The van der Waals surface area contributed by atoms with E-state index in [2.05, 4.69) is 16.4 Å². The topological polar surface area (TPSA) is 24.9 Å². The first-order chi connectivity index (χ1) is 8.86. The Kier molecular flexibility index (Phi) is 3.59. The lowest BCUT2D eigenvalue weighted by molar-refractivity contribution is 0.150. The molecular formula is C15H21FN2. The summed E-state index contributed by atoms with van der Waals surface area (Å²) in [4.78, 5) is 4.46. The number of hydrogen-bond acceptors (Lipinski definition) is 2. The molecule has 2 aliphatic rings. The molecule has 3 rings (SSSR count). The zero-order valence-electron chi connectivity index (χ0n) is 10.7. The van der Waals surface area contributed by atoms with Gasteiger partial charge in [0.2, 0.25) is 0 Å². The van der Waals surface area contributed by atoms with E-state index in [1.54, 1.807) is 0 Å². The summed E-state index contributed by atoms with van der Waals surface area (Å²) in [6.45, 7) is 1.88. The molecule has 0 amide bonds. The van der Waals surface area contributed by atoms with E-state index in [1.165, 1.54) is 5.56 Å². The van der Waals surface area contributed by atoms with Crippen LogP contribution in [0, 0.1) is 5.92 Å². The number of piperidine rings is 1. The third-order valence-electron chi connectivity index (χ3n) is 4.41. The van der Waals surface area contributed by atoms with Crippen LogP contribution in [0.2, 0.25) is 0 Å². The van der Waals surface area contributed by atoms with E-state index in [9.17, 15) is 4.39 Å². The van der Waals surface area contributed by atoms with E-state index >= 15 is 0 Å². The van der Waals surface area contributed by atoms with Gasteiger partial charge >= 0.3 is 0 Å². The molecule has 2 nitrogen and oxygen atoms in total. The number of pyridine rings is 1. The number of nitrogens with zero attached hydrogens (tertiary/aromatic N) is 1. The van der Waals surface area contributed by atoms with Gasteiger partial charge in [-0.3, -0.25) is 4.98 Å². The van der Waals surface area contributed by atoms with Crippen LogP contribution in [0.3, 0.4) is 0 Å². The van der Waals surface area contributed by atoms with E-state index in [1.807, 2.05) is 12.3 Å². The Labute approximate surface area is 108 Å². The molecule has 1 saturated heterocycles. The van der Waals surface area contributed by atoms with Gasteiger partial charge in [-0.15, -0.1) is 0 Å². The fourth-order valence-electron chi connectivity index (χ4n) is 3.43. The Hall–Kier alpha value is -0.960. The molecule has 1 aromatic heterocycles. The molecule has 3 heteroatoms. The number of aromatic nitrogens is 1. The molecule has 3 unspecified atom stereocenters. The van der Waals surface area contributed by atoms with Crippen LogP contribution in [0.25, 0.3) is 0 Å². The lowest BCUT2D eigenvalue weighted by Gasteiger charge is -2.33. The average molecular weight is 248 g/mol. The molecule has 0 spiro atoms. The molecule has 1 aliphatic heterocycles. The molecule has 1 fully saturated rings. The maximum atomic E-state index is 14.8. The second kappa shape index (κ2) is 5.35. The first kappa shape index (κ1) is 12.1. The highest BCUT2D eigenvalue weighted by atomic mass is 19.1. The van der Waals surface area contributed by atoms with E-state index in [0.717, 1.165) is 50.9 Å². The highest BCUT2D eigenvalue weighted by Gasteiger charge is 2.34. The van der Waals surface area contributed by atoms with Gasteiger partial charge in [-0.1, -0.05) is 6.07 Å². The minimum atomic E-state index is -0.730. The molecule has 98 valence electrons. The third kappa shape index (κ3) is 2.28. The van der Waals surface area contributed by atoms with Gasteiger partial charge in [-0.05, 0) is 50.3 Å². The van der Waals surface area contributed by atoms with Crippen LogP contribution < -0.4 is 5.32 Å². The van der Waals surface area contributed by atoms with Gasteiger partial charge < -0.3 is 5.32 Å². The molecule has 0 aromatic carbocycles. The first-order valence-corrected chi connectivity index (χ1v) is 7.15. The molecule has 18 heavy (non-hydrogen) atoms. The Bertz CT molecular complexity index is 401. The minimum absolute atomic E-state index is 0.0276. The highest BCUT2D eigenvalue weighted by Crippen LogP contribution is 2.37. The number of halogens is 1. The van der Waals surface area contributed by atoms with Crippen LogP contribution in [0.1, 0.15) is 42.9 Å². The molecule has 2 heterocycles. The predicted molar refractivity (Wildman–Crippen MR) is 70.4 cm³/mol. The smallest absolute Gasteiger partial charge is 0.112 e. The van der Waals surface area contributed by atoms with Gasteiger partial charge in [0.1, 0.15) is 6.17 Å². The maximum Gasteiger partial charge on any atom is 0.112 e. The molecule has 1 aromatic rings. The number of nitrogens with one attached hydrogen (secondary N) is 1. The number of rotatable bonds is 2. The van der Waals surface area contributed by atoms with E-state index in [-0.39, 0.29) is 11.8 Å². The van der Waals surface area contributed by atoms with Gasteiger partial charge in [0.05, 0.1) is 0 Å². The minimum Gasteiger partial charge on any atom is -0.316 e. The summed E-state index contributed by atoms with van der Waals surface area (Å²) in [5, 5.41) is 3.32. The highest BCUT2D eigenvalue weighted by molar-refractivity contribution is 5.27. The summed E-state index contributed by atoms with van der Waals surface area (Å²) in [5.41, 5.74) is 2.29. The monoisotopic (exact) mass is 248 g/mol. The van der Waals surface area contributed by atoms with Crippen LogP contribution in [0.4, 0.5) is 4.39 Å². The number of fused-ring (bicyclic) bond motifs is 1. The van der Waals surface area contributed by atoms with Gasteiger partial charge in [-0.2, -0.15) is 0 Å². The quantitative estimate of drug-likeness (QED) is 0.870. The van der Waals surface area contributed by atoms with Crippen LogP contribution in [-0.4, -0.2) is 24.2 Å². The van der Waals surface area contributed by atoms with Crippen molar-refractivity contribution in [3.8, 4) is 0 Å². The summed E-state index contributed by atoms with van der Waals surface area (Å²) >= 11 is 0. The Morgan fingerprint density at radius 1 is 1.33 bits per heavy atom. The van der Waals surface area contributed by atoms with Crippen molar-refractivity contribution in [2.45, 2.75) is 44.2 Å². The van der Waals surface area contributed by atoms with Crippen LogP contribution in [0.5, 0.6) is 0 Å². The van der Waals surface area contributed by atoms with Crippen LogP contribution in [0.15, 0.2) is 18.3 Å². The second-order valence-electron chi connectivity index (χ2n) is 5.60. The fourth-order valence-corrected chi connectivity index (χ4v) is 3.43. The molecule has 3 atom stereocenters. The van der Waals surface area contributed by atoms with Crippen molar-refractivity contribution < 1.29 is 4.39 Å². The zero-order chi connectivity index (χ0) is 12.4. The Balaban J connectivity index is 1.80. The lowest BCUT2D eigenvalue weighted by Crippen LogP contribution is -2.38. The normalized spacial score (nSPS) is 29.6. The Morgan fingerprint density at radius 3 is 3.11 bits per heavy atom. The van der Waals surface area contributed by atoms with Gasteiger partial charge in [0.15, 0.2) is 0 Å². The van der Waals surface area contributed by atoms with Crippen molar-refractivity contribution in [2.75, 3.05) is 13.1 Å². The van der Waals surface area contributed by atoms with E-state index in [0.29, 0.717) is 0 Å². The number of hydrogen-bond donors (Lipinski definition) is 1. The van der Waals surface area contributed by atoms with Crippen molar-refractivity contribution in [3.05, 3.63) is 29.6 Å². The molecular weight excluding hydrogens is 227 g/mol. The third-order valence-corrected chi connectivity index (χ3v) is 4.41. The van der Waals surface area contributed by atoms with Gasteiger partial charge in [0.25, 0.3) is 0 Å². The number of aryl methyl sites for hydroxylation is 1. The molecule has 1 N–H and O–H groups in total. The van der Waals surface area contributed by atoms with E-state index in [4.69, 9.17) is 0 Å². The van der Waals surface area contributed by atoms with Gasteiger partial charge in [0, 0.05) is 30.3 Å². The van der Waals surface area contributed by atoms with Crippen molar-refractivity contribution in [2.24, 2.45) is 5.92 Å². The maximum absolute atomic E-state index is 14.8. The summed E-state index contributed by atoms with van der Waals surface area (Å²) in [6, 6.07) is 4.08. The molecule has 0 bridgehead atoms. The van der Waals surface area contributed by atoms with Crippen molar-refractivity contribution in [1.82, 2.24) is 10.3 Å². The van der Waals surface area contributed by atoms with E-state index < -0.39 is 6.17 Å². The average Bonchev–Trinajstić information content (AvgIpc) is 2.47. The summed E-state index contributed by atoms with van der Waals surface area (Å²) in [5.74, 6) is 0.205. The standard InChI is InChI=1S/C15H21FN2/c16-14(12-6-2-8-17-10-12)13-7-1-4-11-5-3-9-18-15(11)13/h3,5,9,12-14,17H,1-2,4,6-8,10H2. The van der Waals surface area contributed by atoms with Crippen LogP contribution >= 0.6 is 0 Å². The van der Waals surface area contributed by atoms with Crippen LogP contribution in [-0.2, 0) is 6.42 Å². The summed E-state index contributed by atoms with van der Waals surface area (Å²) < 4.78 is 14.8. The Morgan fingerprint density at radius 2 is 2.28 bits per heavy atom. The molecule has 0 radical (unpaired) electrons. The summed E-state index contributed by atoms with van der Waals surface area (Å²) in [7, 11) is 0. The van der Waals surface area contributed by atoms with Crippen molar-refractivity contribution >= 4 is 0 Å². The van der Waals surface area contributed by atoms with Crippen molar-refractivity contribution in [3.63, 3.8) is 0 Å². The first-order valence-electron chi connectivity index (χ1n) is 7.15. The summed E-state index contributed by atoms with van der Waals surface area (Å²) in [6.07, 6.45) is 6.33. The van der Waals surface area contributed by atoms with Crippen molar-refractivity contribution in [1.29, 1.82) is 0 Å². The lowest BCUT2D eigenvalue weighted by atomic mass is 9.78. The van der Waals surface area contributed by atoms with Gasteiger partial charge in [-0.25, -0.2) is 4.39 Å². The number of alkyl halides is 1. The fraction of sp³-hybridized carbons (Fsp3) is 0.667. The molecule has 1 aliphatic carbocycles. The predicted octanol–water partition coefficient (Wildman–Crippen LogP) is 2.84.